The predicted molar refractivity (Wildman–Crippen MR) is 55.1 cm³/mol. The van der Waals surface area contributed by atoms with Crippen LogP contribution >= 0.6 is 0 Å². The van der Waals surface area contributed by atoms with Crippen molar-refractivity contribution in [2.45, 2.75) is 45.3 Å². The Morgan fingerprint density at radius 1 is 1.19 bits per heavy atom. The summed E-state index contributed by atoms with van der Waals surface area (Å²) >= 11 is 0. The number of carbonyl (C=O) groups is 2. The topological polar surface area (TPSA) is 93.1 Å². The summed E-state index contributed by atoms with van der Waals surface area (Å²) < 4.78 is 9.95. The minimum absolute atomic E-state index is 0.346. The summed E-state index contributed by atoms with van der Waals surface area (Å²) in [6, 6.07) is 0. The molecule has 0 radical (unpaired) electrons. The zero-order chi connectivity index (χ0) is 12.8. The van der Waals surface area contributed by atoms with Crippen LogP contribution in [0.25, 0.3) is 0 Å². The van der Waals surface area contributed by atoms with Crippen molar-refractivity contribution in [2.75, 3.05) is 6.79 Å². The lowest BCUT2D eigenvalue weighted by Crippen LogP contribution is -2.36. The summed E-state index contributed by atoms with van der Waals surface area (Å²) in [7, 11) is 0. The minimum atomic E-state index is -1.88. The molecular formula is C10H18O6. The highest BCUT2D eigenvalue weighted by molar-refractivity contribution is 5.95. The van der Waals surface area contributed by atoms with E-state index in [2.05, 4.69) is 4.74 Å². The van der Waals surface area contributed by atoms with Gasteiger partial charge in [0.15, 0.2) is 0 Å². The summed E-state index contributed by atoms with van der Waals surface area (Å²) in [5.41, 5.74) is -0.415. The smallest absolute Gasteiger partial charge is 0.344 e. The molecule has 0 saturated carbocycles. The lowest BCUT2D eigenvalue weighted by Gasteiger charge is -2.27. The summed E-state index contributed by atoms with van der Waals surface area (Å²) in [6.07, 6.45) is -0.409. The fourth-order valence-electron chi connectivity index (χ4n) is 0.947. The van der Waals surface area contributed by atoms with E-state index in [4.69, 9.17) is 14.9 Å². The van der Waals surface area contributed by atoms with Crippen LogP contribution < -0.4 is 0 Å². The summed E-state index contributed by atoms with van der Waals surface area (Å²) in [4.78, 5) is 20.9. The quantitative estimate of drug-likeness (QED) is 0.482. The molecule has 2 N–H and O–H groups in total. The van der Waals surface area contributed by atoms with Crippen molar-refractivity contribution in [3.63, 3.8) is 0 Å². The first-order valence-corrected chi connectivity index (χ1v) is 5.07. The van der Waals surface area contributed by atoms with Gasteiger partial charge in [-0.25, -0.2) is 9.59 Å². The van der Waals surface area contributed by atoms with Crippen LogP contribution in [0.15, 0.2) is 0 Å². The molecule has 0 aromatic rings. The van der Waals surface area contributed by atoms with Crippen LogP contribution in [-0.2, 0) is 19.1 Å². The maximum absolute atomic E-state index is 10.5. The Morgan fingerprint density at radius 3 is 1.94 bits per heavy atom. The molecule has 0 aromatic carbocycles. The predicted octanol–water partition coefficient (Wildman–Crippen LogP) is 1.09. The van der Waals surface area contributed by atoms with Crippen molar-refractivity contribution in [1.29, 1.82) is 0 Å². The summed E-state index contributed by atoms with van der Waals surface area (Å²) in [5.74, 6) is -3.07. The van der Waals surface area contributed by atoms with E-state index in [-0.39, 0.29) is 6.79 Å². The van der Waals surface area contributed by atoms with E-state index < -0.39 is 23.6 Å². The lowest BCUT2D eigenvalue weighted by atomic mass is 10.0. The van der Waals surface area contributed by atoms with Crippen LogP contribution in [0.2, 0.25) is 0 Å². The average Bonchev–Trinajstić information content (AvgIpc) is 2.23. The molecule has 0 aliphatic carbocycles. The second-order valence-corrected chi connectivity index (χ2v) is 3.64. The third-order valence-corrected chi connectivity index (χ3v) is 2.59. The molecule has 0 fully saturated rings. The van der Waals surface area contributed by atoms with E-state index in [0.717, 1.165) is 12.8 Å². The number of hydrogen-bond donors (Lipinski definition) is 2. The zero-order valence-corrected chi connectivity index (χ0v) is 9.73. The Kier molecular flexibility index (Phi) is 5.98. The van der Waals surface area contributed by atoms with Gasteiger partial charge in [0.05, 0.1) is 5.60 Å². The Bertz CT molecular complexity index is 232. The molecule has 0 amide bonds. The van der Waals surface area contributed by atoms with Gasteiger partial charge in [0.25, 0.3) is 6.10 Å². The molecule has 0 rings (SSSR count). The minimum Gasteiger partial charge on any atom is -0.479 e. The number of aliphatic carboxylic acids is 2. The van der Waals surface area contributed by atoms with Crippen molar-refractivity contribution in [1.82, 2.24) is 0 Å². The van der Waals surface area contributed by atoms with Crippen LogP contribution in [0.1, 0.15) is 33.6 Å². The molecule has 6 nitrogen and oxygen atoms in total. The van der Waals surface area contributed by atoms with Crippen molar-refractivity contribution in [2.24, 2.45) is 0 Å². The van der Waals surface area contributed by atoms with Gasteiger partial charge in [-0.05, 0) is 19.8 Å². The maximum atomic E-state index is 10.5. The van der Waals surface area contributed by atoms with Crippen LogP contribution in [0.4, 0.5) is 0 Å². The van der Waals surface area contributed by atoms with Crippen molar-refractivity contribution in [3.8, 4) is 0 Å². The molecule has 0 unspecified atom stereocenters. The van der Waals surface area contributed by atoms with E-state index in [1.165, 1.54) is 0 Å². The molecule has 0 aliphatic rings. The first kappa shape index (κ1) is 14.9. The van der Waals surface area contributed by atoms with E-state index in [9.17, 15) is 9.59 Å². The molecule has 0 aliphatic heterocycles. The van der Waals surface area contributed by atoms with E-state index in [1.54, 1.807) is 0 Å². The van der Waals surface area contributed by atoms with Crippen LogP contribution in [0.3, 0.4) is 0 Å². The lowest BCUT2D eigenvalue weighted by molar-refractivity contribution is -0.190. The molecule has 16 heavy (non-hydrogen) atoms. The number of hydrogen-bond acceptors (Lipinski definition) is 4. The highest BCUT2D eigenvalue weighted by atomic mass is 16.7. The van der Waals surface area contributed by atoms with Gasteiger partial charge in [-0.2, -0.15) is 0 Å². The standard InChI is InChI=1S/C10H18O6/c1-4-10(3,5-2)16-6-15-7(8(11)12)9(13)14/h7H,4-6H2,1-3H3,(H,11,12)(H,13,14). The number of ether oxygens (including phenoxy) is 2. The molecular weight excluding hydrogens is 216 g/mol. The second-order valence-electron chi connectivity index (χ2n) is 3.64. The number of rotatable bonds is 8. The molecule has 0 aromatic heterocycles. The van der Waals surface area contributed by atoms with Gasteiger partial charge >= 0.3 is 11.9 Å². The Labute approximate surface area is 94.2 Å². The maximum Gasteiger partial charge on any atom is 0.344 e. The van der Waals surface area contributed by atoms with Crippen molar-refractivity contribution < 1.29 is 29.3 Å². The van der Waals surface area contributed by atoms with Gasteiger partial charge in [-0.1, -0.05) is 13.8 Å². The first-order chi connectivity index (χ1) is 7.36. The van der Waals surface area contributed by atoms with Gasteiger partial charge in [0.1, 0.15) is 6.79 Å². The molecule has 0 atom stereocenters. The van der Waals surface area contributed by atoms with Gasteiger partial charge in [-0.3, -0.25) is 0 Å². The SMILES string of the molecule is CCC(C)(CC)OCOC(C(=O)O)C(=O)O. The molecule has 0 heterocycles. The van der Waals surface area contributed by atoms with E-state index in [1.807, 2.05) is 20.8 Å². The Hall–Kier alpha value is -1.14. The number of carboxylic acid groups (broad SMARTS) is 2. The van der Waals surface area contributed by atoms with Crippen molar-refractivity contribution in [3.05, 3.63) is 0 Å². The Balaban J connectivity index is 4.14. The van der Waals surface area contributed by atoms with Crippen LogP contribution in [0.5, 0.6) is 0 Å². The summed E-state index contributed by atoms with van der Waals surface area (Å²) in [6.45, 7) is 5.36. The van der Waals surface area contributed by atoms with E-state index in [0.29, 0.717) is 0 Å². The zero-order valence-electron chi connectivity index (χ0n) is 9.73. The third kappa shape index (κ3) is 4.59. The third-order valence-electron chi connectivity index (χ3n) is 2.59. The largest absolute Gasteiger partial charge is 0.479 e. The Morgan fingerprint density at radius 2 is 1.62 bits per heavy atom. The molecule has 0 spiro atoms. The second kappa shape index (κ2) is 6.44. The van der Waals surface area contributed by atoms with Crippen LogP contribution in [0, 0.1) is 0 Å². The average molecular weight is 234 g/mol. The van der Waals surface area contributed by atoms with Gasteiger partial charge in [0, 0.05) is 0 Å². The van der Waals surface area contributed by atoms with Gasteiger partial charge in [-0.15, -0.1) is 0 Å². The molecule has 0 bridgehead atoms. The fraction of sp³-hybridized carbons (Fsp3) is 0.800. The fourth-order valence-corrected chi connectivity index (χ4v) is 0.947. The van der Waals surface area contributed by atoms with Gasteiger partial charge in [0.2, 0.25) is 0 Å². The van der Waals surface area contributed by atoms with Gasteiger partial charge < -0.3 is 19.7 Å². The summed E-state index contributed by atoms with van der Waals surface area (Å²) in [5, 5.41) is 17.1. The van der Waals surface area contributed by atoms with Crippen LogP contribution in [-0.4, -0.2) is 40.6 Å². The number of carboxylic acids is 2. The monoisotopic (exact) mass is 234 g/mol. The van der Waals surface area contributed by atoms with Crippen molar-refractivity contribution >= 4 is 11.9 Å². The highest BCUT2D eigenvalue weighted by Gasteiger charge is 2.28. The molecule has 6 heteroatoms. The highest BCUT2D eigenvalue weighted by Crippen LogP contribution is 2.19. The molecule has 94 valence electrons. The molecule has 0 saturated heterocycles. The normalized spacial score (nSPS) is 11.8. The first-order valence-electron chi connectivity index (χ1n) is 5.07. The van der Waals surface area contributed by atoms with E-state index >= 15 is 0 Å².